The molecule has 0 spiro atoms. The van der Waals surface area contributed by atoms with Gasteiger partial charge in [-0.3, -0.25) is 0 Å². The van der Waals surface area contributed by atoms with Crippen molar-refractivity contribution in [1.29, 1.82) is 0 Å². The highest BCUT2D eigenvalue weighted by Crippen LogP contribution is 2.21. The Balaban J connectivity index is 0.000000251. The Labute approximate surface area is 369 Å². The van der Waals surface area contributed by atoms with Gasteiger partial charge in [-0.25, -0.2) is 13.9 Å². The largest absolute Gasteiger partial charge is 0.545 e. The summed E-state index contributed by atoms with van der Waals surface area (Å²) in [6.07, 6.45) is 11.6. The standard InChI is InChI=1S/2C20H17N7O2.2CO2.CH3/c2*1-26-11-12-27(13-26)20-24-18(21-15-5-3-2-4-6-15)23-19(25-20)22-16-9-7-14(8-10-16)17(28)29;2*2-1-3;/h2*2-13H,1H3,(H2-,21,22,23,24,25,28,29);;;1H3/q;;;;-1/p+1. The molecule has 4 aromatic heterocycles. The zero-order valence-electron chi connectivity index (χ0n) is 34.6. The van der Waals surface area contributed by atoms with Crippen LogP contribution >= 0.6 is 0 Å². The molecule has 0 atom stereocenters. The highest BCUT2D eigenvalue weighted by Gasteiger charge is 2.16. The van der Waals surface area contributed by atoms with Crippen molar-refractivity contribution >= 4 is 70.8 Å². The lowest BCUT2D eigenvalue weighted by Crippen LogP contribution is -2.23. The molecule has 4 heterocycles. The summed E-state index contributed by atoms with van der Waals surface area (Å²) in [5.41, 5.74) is 3.29. The number of aromatic carboxylic acids is 2. The van der Waals surface area contributed by atoms with E-state index in [1.807, 2.05) is 121 Å². The van der Waals surface area contributed by atoms with Crippen LogP contribution in [0.25, 0.3) is 11.9 Å². The Morgan fingerprint density at radius 3 is 1.11 bits per heavy atom. The number of hydrogen-bond acceptors (Lipinski definition) is 17. The summed E-state index contributed by atoms with van der Waals surface area (Å²) in [5, 5.41) is 32.5. The quantitative estimate of drug-likeness (QED) is 0.0869. The second kappa shape index (κ2) is 23.9. The van der Waals surface area contributed by atoms with Gasteiger partial charge in [-0.15, -0.1) is 0 Å². The van der Waals surface area contributed by atoms with Crippen LogP contribution in [0, 0.1) is 7.43 Å². The van der Waals surface area contributed by atoms with Crippen molar-refractivity contribution in [2.45, 2.75) is 0 Å². The molecule has 0 saturated carbocycles. The molecule has 22 heteroatoms. The molecule has 8 aromatic rings. The Morgan fingerprint density at radius 2 is 0.831 bits per heavy atom. The van der Waals surface area contributed by atoms with Crippen molar-refractivity contribution < 1.29 is 48.1 Å². The lowest BCUT2D eigenvalue weighted by molar-refractivity contribution is -0.670. The van der Waals surface area contributed by atoms with Crippen LogP contribution in [0.4, 0.5) is 46.5 Å². The second-order valence-corrected chi connectivity index (χ2v) is 12.7. The van der Waals surface area contributed by atoms with Crippen molar-refractivity contribution in [3.8, 4) is 11.9 Å². The van der Waals surface area contributed by atoms with E-state index < -0.39 is 11.9 Å². The molecule has 5 N–H and O–H groups in total. The summed E-state index contributed by atoms with van der Waals surface area (Å²) in [6.45, 7) is 0. The molecule has 0 aliphatic carbocycles. The smallest absolute Gasteiger partial charge is 0.373 e. The predicted octanol–water partition coefficient (Wildman–Crippen LogP) is 3.29. The number of para-hydroxylation sites is 2. The van der Waals surface area contributed by atoms with E-state index in [1.165, 1.54) is 24.3 Å². The number of imidazole rings is 2. The number of anilines is 8. The first-order chi connectivity index (χ1) is 31.0. The minimum absolute atomic E-state index is 0. The number of carboxylic acid groups (broad SMARTS) is 2. The fourth-order valence-corrected chi connectivity index (χ4v) is 5.27. The third-order valence-corrected chi connectivity index (χ3v) is 8.07. The Hall–Kier alpha value is -9.78. The van der Waals surface area contributed by atoms with Crippen LogP contribution < -0.4 is 35.5 Å². The Kier molecular flexibility index (Phi) is 17.6. The first-order valence-electron chi connectivity index (χ1n) is 18.4. The van der Waals surface area contributed by atoms with Crippen LogP contribution in [0.5, 0.6) is 0 Å². The van der Waals surface area contributed by atoms with E-state index in [4.69, 9.17) is 24.3 Å². The van der Waals surface area contributed by atoms with Crippen molar-refractivity contribution in [2.75, 3.05) is 21.3 Å². The average molecular weight is 879 g/mol. The van der Waals surface area contributed by atoms with Gasteiger partial charge in [-0.1, -0.05) is 48.5 Å². The van der Waals surface area contributed by atoms with Gasteiger partial charge in [0.2, 0.25) is 23.8 Å². The molecule has 0 aliphatic heterocycles. The third kappa shape index (κ3) is 14.7. The molecule has 0 fully saturated rings. The van der Waals surface area contributed by atoms with E-state index in [-0.39, 0.29) is 30.9 Å². The van der Waals surface area contributed by atoms with E-state index in [0.717, 1.165) is 11.4 Å². The molecule has 8 rings (SSSR count). The van der Waals surface area contributed by atoms with E-state index >= 15 is 0 Å². The van der Waals surface area contributed by atoms with Crippen LogP contribution in [0.3, 0.4) is 0 Å². The summed E-state index contributed by atoms with van der Waals surface area (Å²) in [6, 6.07) is 31.6. The van der Waals surface area contributed by atoms with Crippen LogP contribution in [0.2, 0.25) is 0 Å². The lowest BCUT2D eigenvalue weighted by Gasteiger charge is -2.09. The molecule has 0 unspecified atom stereocenters. The fourth-order valence-electron chi connectivity index (χ4n) is 5.27. The highest BCUT2D eigenvalue weighted by molar-refractivity contribution is 5.88. The molecule has 0 amide bonds. The topological polar surface area (TPSA) is 289 Å². The van der Waals surface area contributed by atoms with Gasteiger partial charge >= 0.3 is 30.2 Å². The maximum absolute atomic E-state index is 11.0. The van der Waals surface area contributed by atoms with Crippen LogP contribution in [-0.4, -0.2) is 68.4 Å². The second-order valence-electron chi connectivity index (χ2n) is 12.7. The molecule has 4 aromatic carbocycles. The number of aryl methyl sites for hydroxylation is 2. The fraction of sp³-hybridized carbons (Fsp3) is 0.0465. The number of carbonyl (C=O) groups excluding carboxylic acids is 5. The SMILES string of the molecule is C[n+]1ccn(-c2nc(Nc3ccccc3)nc(Nc3ccc(C(=O)O)cc3)n2)c1.C[n+]1ccn(-c2nc(Nc3ccccc3)nc(Nc3ccc(C(=O)[O-])cc3)n2)c1.O=C=O.O=C=O.[CH3-]. The summed E-state index contributed by atoms with van der Waals surface area (Å²) < 4.78 is 7.30. The molecule has 0 saturated heterocycles. The van der Waals surface area contributed by atoms with E-state index in [1.54, 1.807) is 33.4 Å². The van der Waals surface area contributed by atoms with E-state index in [9.17, 15) is 14.7 Å². The maximum atomic E-state index is 11.0. The normalized spacial score (nSPS) is 9.63. The summed E-state index contributed by atoms with van der Waals surface area (Å²) >= 11 is 0. The molecule has 0 radical (unpaired) electrons. The van der Waals surface area contributed by atoms with E-state index in [0.29, 0.717) is 47.1 Å². The zero-order chi connectivity index (χ0) is 45.8. The van der Waals surface area contributed by atoms with Gasteiger partial charge in [-0.05, 0) is 66.2 Å². The minimum atomic E-state index is -1.23. The number of carboxylic acids is 2. The lowest BCUT2D eigenvalue weighted by atomic mass is 10.2. The molecule has 0 aliphatic rings. The number of hydrogen-bond donors (Lipinski definition) is 5. The number of nitrogens with zero attached hydrogens (tertiary/aromatic N) is 10. The number of benzene rings is 4. The third-order valence-electron chi connectivity index (χ3n) is 8.07. The van der Waals surface area contributed by atoms with Crippen LogP contribution in [0.1, 0.15) is 20.7 Å². The van der Waals surface area contributed by atoms with Crippen molar-refractivity contribution in [1.82, 2.24) is 39.0 Å². The summed E-state index contributed by atoms with van der Waals surface area (Å²) in [5.74, 6) is 0.0340. The van der Waals surface area contributed by atoms with Crippen molar-refractivity contribution in [2.24, 2.45) is 14.1 Å². The van der Waals surface area contributed by atoms with Crippen LogP contribution in [-0.2, 0) is 33.3 Å². The first-order valence-corrected chi connectivity index (χ1v) is 18.4. The minimum Gasteiger partial charge on any atom is -0.545 e. The Morgan fingerprint density at radius 1 is 0.523 bits per heavy atom. The number of nitrogens with one attached hydrogen (secondary N) is 4. The first kappa shape index (κ1) is 47.9. The molecule has 0 bridgehead atoms. The van der Waals surface area contributed by atoms with Gasteiger partial charge in [0.25, 0.3) is 12.7 Å². The number of rotatable bonds is 12. The van der Waals surface area contributed by atoms with Crippen molar-refractivity contribution in [3.63, 3.8) is 0 Å². The van der Waals surface area contributed by atoms with Gasteiger partial charge < -0.3 is 43.7 Å². The predicted molar refractivity (Wildman–Crippen MR) is 227 cm³/mol. The van der Waals surface area contributed by atoms with Gasteiger partial charge in [-0.2, -0.15) is 58.2 Å². The highest BCUT2D eigenvalue weighted by atomic mass is 16.4. The van der Waals surface area contributed by atoms with Gasteiger partial charge in [0.05, 0.1) is 25.6 Å². The summed E-state index contributed by atoms with van der Waals surface area (Å²) in [7, 11) is 3.81. The average Bonchev–Trinajstić information content (AvgIpc) is 3.93. The molecule has 328 valence electrons. The molecular formula is C43H38N14O8. The number of carbonyl (C=O) groups is 2. The van der Waals surface area contributed by atoms with Gasteiger partial charge in [0.15, 0.2) is 0 Å². The molecular weight excluding hydrogens is 841 g/mol. The maximum Gasteiger partial charge on any atom is 0.373 e. The molecule has 65 heavy (non-hydrogen) atoms. The monoisotopic (exact) mass is 878 g/mol. The number of aromatic nitrogens is 10. The zero-order valence-corrected chi connectivity index (χ0v) is 34.6. The van der Waals surface area contributed by atoms with Crippen LogP contribution in [0.15, 0.2) is 147 Å². The molecule has 22 nitrogen and oxygen atoms in total. The Bertz CT molecular complexity index is 2670. The van der Waals surface area contributed by atoms with Gasteiger partial charge in [0, 0.05) is 22.7 Å². The summed E-state index contributed by atoms with van der Waals surface area (Å²) in [4.78, 5) is 81.2. The van der Waals surface area contributed by atoms with Crippen molar-refractivity contribution in [3.05, 3.63) is 165 Å². The van der Waals surface area contributed by atoms with Gasteiger partial charge in [0.1, 0.15) is 24.8 Å². The van der Waals surface area contributed by atoms with E-state index in [2.05, 4.69) is 51.2 Å².